The lowest BCUT2D eigenvalue weighted by molar-refractivity contribution is 0.661. The summed E-state index contributed by atoms with van der Waals surface area (Å²) in [6.07, 6.45) is 0. The minimum atomic E-state index is -0.151. The second-order valence-corrected chi connectivity index (χ2v) is 18.7. The highest BCUT2D eigenvalue weighted by Gasteiger charge is 2.37. The molecule has 0 spiro atoms. The Morgan fingerprint density at radius 1 is 0.368 bits per heavy atom. The highest BCUT2D eigenvalue weighted by atomic mass is 16.3. The summed E-state index contributed by atoms with van der Waals surface area (Å²) in [4.78, 5) is 16.3. The molecule has 318 valence electrons. The molecule has 0 aliphatic heterocycles. The fourth-order valence-corrected chi connectivity index (χ4v) is 11.4. The van der Waals surface area contributed by atoms with E-state index in [0.717, 1.165) is 98.7 Å². The van der Waals surface area contributed by atoms with Crippen LogP contribution >= 0.6 is 0 Å². The number of furan rings is 2. The average Bonchev–Trinajstić information content (AvgIpc) is 4.12. The Labute approximate surface area is 389 Å². The lowest BCUT2D eigenvalue weighted by atomic mass is 9.82. The third-order valence-electron chi connectivity index (χ3n) is 14.6. The minimum Gasteiger partial charge on any atom is -0.456 e. The van der Waals surface area contributed by atoms with Crippen LogP contribution in [0.15, 0.2) is 203 Å². The molecular weight excluding hydrogens is 833 g/mol. The molecule has 68 heavy (non-hydrogen) atoms. The first-order valence-corrected chi connectivity index (χ1v) is 23.2. The number of nitrogens with zero attached hydrogens (tertiary/aromatic N) is 4. The lowest BCUT2D eigenvalue weighted by Gasteiger charge is -2.21. The first-order valence-electron chi connectivity index (χ1n) is 23.2. The number of rotatable bonds is 4. The number of hydrogen-bond donors (Lipinski definition) is 0. The largest absolute Gasteiger partial charge is 0.456 e. The SMILES string of the molecule is CC1(C)c2ccc(-c3cccc4c5ccc6ccccc6c5n(-c5nc(-c6ccc7c(c6)oc6ccccc67)nc(-c6ccc7c(c6)oc6ccccc67)n5)c34)cc2-c2c1ccc1ccccc21. The minimum absolute atomic E-state index is 0.151. The Balaban J connectivity index is 1.03. The van der Waals surface area contributed by atoms with Crippen molar-refractivity contribution in [3.05, 3.63) is 205 Å². The topological polar surface area (TPSA) is 69.9 Å². The van der Waals surface area contributed by atoms with E-state index in [4.69, 9.17) is 23.8 Å². The quantitative estimate of drug-likeness (QED) is 0.176. The number of aromatic nitrogens is 4. The number of fused-ring (bicyclic) bond motifs is 16. The third-order valence-corrected chi connectivity index (χ3v) is 14.6. The number of para-hydroxylation sites is 3. The van der Waals surface area contributed by atoms with Gasteiger partial charge in [0, 0.05) is 59.8 Å². The molecule has 6 heteroatoms. The standard InChI is InChI=1S/C62H38N4O2/c1-62(2)50-30-26-37(32-49(50)56-40-14-5-3-12-35(40)25-31-51(56)62)42-18-11-19-47-48-29-22-36-13-4-6-15-41(36)57(48)66(58(42)47)61-64-59(38-23-27-45-43-16-7-9-20-52(43)67-54(45)33-38)63-60(65-61)39-24-28-46-44-17-8-10-21-53(44)68-55(46)34-39/h3-34H,1-2H3. The molecule has 0 amide bonds. The van der Waals surface area contributed by atoms with Crippen LogP contribution in [0.1, 0.15) is 25.0 Å². The molecule has 0 radical (unpaired) electrons. The van der Waals surface area contributed by atoms with Gasteiger partial charge < -0.3 is 8.83 Å². The first kappa shape index (κ1) is 37.4. The van der Waals surface area contributed by atoms with Crippen molar-refractivity contribution in [2.75, 3.05) is 0 Å². The van der Waals surface area contributed by atoms with Crippen LogP contribution in [0.3, 0.4) is 0 Å². The van der Waals surface area contributed by atoms with E-state index in [1.54, 1.807) is 0 Å². The fourth-order valence-electron chi connectivity index (χ4n) is 11.4. The summed E-state index contributed by atoms with van der Waals surface area (Å²) in [6, 6.07) is 69.0. The monoisotopic (exact) mass is 870 g/mol. The molecule has 0 unspecified atom stereocenters. The maximum atomic E-state index is 6.44. The maximum absolute atomic E-state index is 6.44. The van der Waals surface area contributed by atoms with E-state index in [9.17, 15) is 0 Å². The molecule has 4 heterocycles. The molecule has 10 aromatic carbocycles. The van der Waals surface area contributed by atoms with E-state index >= 15 is 0 Å². The number of hydrogen-bond acceptors (Lipinski definition) is 5. The summed E-state index contributed by atoms with van der Waals surface area (Å²) < 4.78 is 15.2. The molecular formula is C62H38N4O2. The van der Waals surface area contributed by atoms with Crippen LogP contribution < -0.4 is 0 Å². The molecule has 0 atom stereocenters. The van der Waals surface area contributed by atoms with Gasteiger partial charge in [-0.05, 0) is 86.4 Å². The zero-order chi connectivity index (χ0) is 44.8. The second-order valence-electron chi connectivity index (χ2n) is 18.7. The van der Waals surface area contributed by atoms with Gasteiger partial charge in [0.15, 0.2) is 11.6 Å². The zero-order valence-corrected chi connectivity index (χ0v) is 37.1. The van der Waals surface area contributed by atoms with Gasteiger partial charge in [-0.1, -0.05) is 166 Å². The van der Waals surface area contributed by atoms with Crippen molar-refractivity contribution in [2.45, 2.75) is 19.3 Å². The van der Waals surface area contributed by atoms with Crippen LogP contribution in [-0.4, -0.2) is 19.5 Å². The Kier molecular flexibility index (Phi) is 7.47. The van der Waals surface area contributed by atoms with Gasteiger partial charge in [-0.2, -0.15) is 9.97 Å². The molecule has 6 nitrogen and oxygen atoms in total. The van der Waals surface area contributed by atoms with Gasteiger partial charge in [0.25, 0.3) is 0 Å². The van der Waals surface area contributed by atoms with Gasteiger partial charge in [-0.25, -0.2) is 4.98 Å². The molecule has 0 saturated heterocycles. The maximum Gasteiger partial charge on any atom is 0.238 e. The smallest absolute Gasteiger partial charge is 0.238 e. The van der Waals surface area contributed by atoms with Gasteiger partial charge in [-0.15, -0.1) is 0 Å². The van der Waals surface area contributed by atoms with E-state index in [0.29, 0.717) is 17.6 Å². The van der Waals surface area contributed by atoms with Gasteiger partial charge >= 0.3 is 0 Å². The normalized spacial score (nSPS) is 13.3. The predicted octanol–water partition coefficient (Wildman–Crippen LogP) is 16.4. The second kappa shape index (κ2) is 13.6. The lowest BCUT2D eigenvalue weighted by Crippen LogP contribution is -2.14. The van der Waals surface area contributed by atoms with Crippen LogP contribution in [0.4, 0.5) is 0 Å². The van der Waals surface area contributed by atoms with Crippen LogP contribution in [0.2, 0.25) is 0 Å². The highest BCUT2D eigenvalue weighted by molar-refractivity contribution is 6.21. The molecule has 0 N–H and O–H groups in total. The highest BCUT2D eigenvalue weighted by Crippen LogP contribution is 2.53. The molecule has 14 aromatic rings. The fraction of sp³-hybridized carbons (Fsp3) is 0.0484. The zero-order valence-electron chi connectivity index (χ0n) is 37.1. The van der Waals surface area contributed by atoms with E-state index in [2.05, 4.69) is 176 Å². The predicted molar refractivity (Wildman–Crippen MR) is 278 cm³/mol. The van der Waals surface area contributed by atoms with Crippen LogP contribution in [0, 0.1) is 0 Å². The van der Waals surface area contributed by atoms with Crippen LogP contribution in [-0.2, 0) is 5.41 Å². The molecule has 0 bridgehead atoms. The summed E-state index contributed by atoms with van der Waals surface area (Å²) in [5, 5.41) is 11.2. The van der Waals surface area contributed by atoms with Gasteiger partial charge in [-0.3, -0.25) is 4.57 Å². The van der Waals surface area contributed by atoms with Crippen molar-refractivity contribution in [2.24, 2.45) is 0 Å². The molecule has 1 aliphatic rings. The Morgan fingerprint density at radius 2 is 0.882 bits per heavy atom. The van der Waals surface area contributed by atoms with Crippen molar-refractivity contribution in [3.63, 3.8) is 0 Å². The van der Waals surface area contributed by atoms with E-state index in [-0.39, 0.29) is 5.41 Å². The van der Waals surface area contributed by atoms with Crippen molar-refractivity contribution < 1.29 is 8.83 Å². The van der Waals surface area contributed by atoms with Crippen molar-refractivity contribution >= 4 is 87.2 Å². The van der Waals surface area contributed by atoms with E-state index in [1.807, 2.05) is 36.4 Å². The van der Waals surface area contributed by atoms with Gasteiger partial charge in [0.2, 0.25) is 5.95 Å². The van der Waals surface area contributed by atoms with Gasteiger partial charge in [0.05, 0.1) is 11.0 Å². The Morgan fingerprint density at radius 3 is 1.57 bits per heavy atom. The van der Waals surface area contributed by atoms with Crippen LogP contribution in [0.5, 0.6) is 0 Å². The summed E-state index contributed by atoms with van der Waals surface area (Å²) >= 11 is 0. The number of benzene rings is 10. The Bertz CT molecular complexity index is 4360. The Hall–Kier alpha value is -8.87. The molecule has 4 aromatic heterocycles. The van der Waals surface area contributed by atoms with E-state index in [1.165, 1.54) is 33.0 Å². The van der Waals surface area contributed by atoms with Crippen molar-refractivity contribution in [1.29, 1.82) is 0 Å². The van der Waals surface area contributed by atoms with Crippen molar-refractivity contribution in [3.8, 4) is 51.0 Å². The average molecular weight is 871 g/mol. The first-order chi connectivity index (χ1) is 33.4. The summed E-state index contributed by atoms with van der Waals surface area (Å²) in [7, 11) is 0. The summed E-state index contributed by atoms with van der Waals surface area (Å²) in [6.45, 7) is 4.70. The van der Waals surface area contributed by atoms with Crippen LogP contribution in [0.25, 0.3) is 138 Å². The molecule has 0 fully saturated rings. The van der Waals surface area contributed by atoms with E-state index < -0.39 is 0 Å². The third kappa shape index (κ3) is 5.20. The van der Waals surface area contributed by atoms with Gasteiger partial charge in [0.1, 0.15) is 22.3 Å². The molecule has 1 aliphatic carbocycles. The molecule has 15 rings (SSSR count). The van der Waals surface area contributed by atoms with Crippen molar-refractivity contribution in [1.82, 2.24) is 19.5 Å². The molecule has 0 saturated carbocycles. The summed E-state index contributed by atoms with van der Waals surface area (Å²) in [5.41, 5.74) is 14.3. The summed E-state index contributed by atoms with van der Waals surface area (Å²) in [5.74, 6) is 1.59.